The third-order valence-corrected chi connectivity index (χ3v) is 5.20. The van der Waals surface area contributed by atoms with Crippen LogP contribution in [0, 0.1) is 11.3 Å². The van der Waals surface area contributed by atoms with Gasteiger partial charge in [0.1, 0.15) is 6.04 Å². The zero-order valence-corrected chi connectivity index (χ0v) is 16.6. The summed E-state index contributed by atoms with van der Waals surface area (Å²) in [5.41, 5.74) is -0.693. The summed E-state index contributed by atoms with van der Waals surface area (Å²) in [6.07, 6.45) is -2.75. The minimum Gasteiger partial charge on any atom is -0.353 e. The molecule has 3 atom stereocenters. The lowest BCUT2D eigenvalue weighted by Crippen LogP contribution is -2.49. The first-order chi connectivity index (χ1) is 14.0. The van der Waals surface area contributed by atoms with Crippen molar-refractivity contribution in [3.63, 3.8) is 0 Å². The van der Waals surface area contributed by atoms with E-state index in [1.165, 1.54) is 4.90 Å². The van der Waals surface area contributed by atoms with E-state index < -0.39 is 29.6 Å². The van der Waals surface area contributed by atoms with Gasteiger partial charge in [0.15, 0.2) is 5.82 Å². The molecule has 0 radical (unpaired) electrons. The number of nitrogens with zero attached hydrogens (tertiary/aromatic N) is 4. The van der Waals surface area contributed by atoms with E-state index in [4.69, 9.17) is 5.26 Å². The van der Waals surface area contributed by atoms with Gasteiger partial charge in [0.05, 0.1) is 12.6 Å². The second kappa shape index (κ2) is 8.22. The fourth-order valence-corrected chi connectivity index (χ4v) is 3.48. The summed E-state index contributed by atoms with van der Waals surface area (Å²) in [6.45, 7) is 4.10. The van der Waals surface area contributed by atoms with Crippen molar-refractivity contribution in [2.24, 2.45) is 0 Å². The molecular weight excluding hydrogens is 405 g/mol. The molecule has 164 valence electrons. The molecule has 1 aromatic heterocycles. The van der Waals surface area contributed by atoms with Crippen molar-refractivity contribution in [3.05, 3.63) is 11.7 Å². The first-order valence-electron chi connectivity index (χ1n) is 9.64. The zero-order valence-electron chi connectivity index (χ0n) is 16.6. The Morgan fingerprint density at radius 1 is 1.37 bits per heavy atom. The zero-order chi connectivity index (χ0) is 22.1. The Morgan fingerprint density at radius 2 is 2.10 bits per heavy atom. The van der Waals surface area contributed by atoms with E-state index in [2.05, 4.69) is 31.4 Å². The molecular formula is C18H23F3N6O3. The maximum Gasteiger partial charge on any atom is 0.471 e. The molecule has 0 spiro atoms. The normalized spacial score (nSPS) is 23.9. The van der Waals surface area contributed by atoms with Gasteiger partial charge in [-0.05, 0) is 33.1 Å². The number of nitriles is 1. The molecule has 0 aromatic carbocycles. The van der Waals surface area contributed by atoms with Gasteiger partial charge in [0, 0.05) is 30.5 Å². The first-order valence-corrected chi connectivity index (χ1v) is 9.64. The predicted octanol–water partition coefficient (Wildman–Crippen LogP) is 1.33. The maximum absolute atomic E-state index is 12.5. The molecule has 2 aliphatic rings. The number of amides is 2. The number of carbonyl (C=O) groups excluding carboxylic acids is 2. The van der Waals surface area contributed by atoms with Gasteiger partial charge >= 0.3 is 12.1 Å². The van der Waals surface area contributed by atoms with E-state index in [0.717, 1.165) is 6.42 Å². The summed E-state index contributed by atoms with van der Waals surface area (Å²) >= 11 is 0. The predicted molar refractivity (Wildman–Crippen MR) is 95.6 cm³/mol. The van der Waals surface area contributed by atoms with E-state index in [0.29, 0.717) is 19.4 Å². The Balaban J connectivity index is 1.44. The van der Waals surface area contributed by atoms with Crippen molar-refractivity contribution < 1.29 is 27.3 Å². The van der Waals surface area contributed by atoms with Crippen LogP contribution in [0.3, 0.4) is 0 Å². The Labute approximate surface area is 171 Å². The molecule has 0 unspecified atom stereocenters. The summed E-state index contributed by atoms with van der Waals surface area (Å²) in [7, 11) is 0. The molecule has 1 saturated heterocycles. The van der Waals surface area contributed by atoms with Gasteiger partial charge in [-0.25, -0.2) is 0 Å². The molecule has 1 saturated carbocycles. The van der Waals surface area contributed by atoms with E-state index in [1.807, 2.05) is 0 Å². The van der Waals surface area contributed by atoms with Crippen LogP contribution in [0.1, 0.15) is 57.2 Å². The van der Waals surface area contributed by atoms with Gasteiger partial charge in [0.25, 0.3) is 0 Å². The van der Waals surface area contributed by atoms with Gasteiger partial charge in [-0.1, -0.05) is 5.16 Å². The number of hydrogen-bond donors (Lipinski definition) is 2. The Bertz CT molecular complexity index is 847. The highest BCUT2D eigenvalue weighted by molar-refractivity contribution is 5.80. The van der Waals surface area contributed by atoms with E-state index in [-0.39, 0.29) is 36.6 Å². The molecule has 2 fully saturated rings. The Kier molecular flexibility index (Phi) is 6.03. The Hall–Kier alpha value is -2.68. The lowest BCUT2D eigenvalue weighted by atomic mass is 10.00. The quantitative estimate of drug-likeness (QED) is 0.671. The van der Waals surface area contributed by atoms with Crippen molar-refractivity contribution in [1.29, 1.82) is 5.26 Å². The second-order valence-corrected chi connectivity index (χ2v) is 8.26. The monoisotopic (exact) mass is 428 g/mol. The largest absolute Gasteiger partial charge is 0.471 e. The first kappa shape index (κ1) is 22.0. The molecule has 12 heteroatoms. The van der Waals surface area contributed by atoms with Crippen molar-refractivity contribution in [2.75, 3.05) is 13.1 Å². The van der Waals surface area contributed by atoms with Gasteiger partial charge in [-0.2, -0.15) is 23.4 Å². The lowest BCUT2D eigenvalue weighted by Gasteiger charge is -2.27. The summed E-state index contributed by atoms with van der Waals surface area (Å²) in [5.74, 6) is -2.38. The van der Waals surface area contributed by atoms with Gasteiger partial charge in [-0.3, -0.25) is 9.59 Å². The van der Waals surface area contributed by atoms with Gasteiger partial charge in [0.2, 0.25) is 11.8 Å². The summed E-state index contributed by atoms with van der Waals surface area (Å²) in [5, 5.41) is 18.2. The van der Waals surface area contributed by atoms with Crippen LogP contribution >= 0.6 is 0 Å². The van der Waals surface area contributed by atoms with Crippen LogP contribution in [-0.2, 0) is 15.8 Å². The Morgan fingerprint density at radius 3 is 2.73 bits per heavy atom. The van der Waals surface area contributed by atoms with Crippen molar-refractivity contribution in [2.45, 2.75) is 69.2 Å². The number of nitrogens with one attached hydrogen (secondary N) is 2. The molecule has 2 amide bonds. The number of rotatable bonds is 7. The molecule has 1 aromatic rings. The van der Waals surface area contributed by atoms with Gasteiger partial charge < -0.3 is 20.1 Å². The highest BCUT2D eigenvalue weighted by Gasteiger charge is 2.46. The van der Waals surface area contributed by atoms with Crippen molar-refractivity contribution in [1.82, 2.24) is 25.7 Å². The number of hydrogen-bond acceptors (Lipinski definition) is 7. The van der Waals surface area contributed by atoms with Gasteiger partial charge in [-0.15, -0.1) is 0 Å². The average Bonchev–Trinajstić information content (AvgIpc) is 3.08. The smallest absolute Gasteiger partial charge is 0.353 e. The standard InChI is InChI=1S/C18H23F3N6O3/c1-17(2,23-9-14(29)27-5-3-4-10(27)8-22)7-13(28)24-12-6-11(12)15-25-16(30-26-15)18(19,20)21/h10-12,23H,3-7,9H2,1-2H3,(H,24,28)/t10-,11-,12-/m0/s1. The highest BCUT2D eigenvalue weighted by atomic mass is 19.4. The van der Waals surface area contributed by atoms with E-state index in [9.17, 15) is 22.8 Å². The minimum absolute atomic E-state index is 0.00753. The molecule has 2 heterocycles. The minimum atomic E-state index is -4.70. The maximum atomic E-state index is 12.5. The molecule has 1 aliphatic carbocycles. The number of carbonyl (C=O) groups is 2. The average molecular weight is 428 g/mol. The highest BCUT2D eigenvalue weighted by Crippen LogP contribution is 2.40. The fraction of sp³-hybridized carbons (Fsp3) is 0.722. The van der Waals surface area contributed by atoms with Crippen LogP contribution in [0.5, 0.6) is 0 Å². The van der Waals surface area contributed by atoms with E-state index in [1.54, 1.807) is 13.8 Å². The molecule has 3 rings (SSSR count). The second-order valence-electron chi connectivity index (χ2n) is 8.26. The molecule has 2 N–H and O–H groups in total. The van der Waals surface area contributed by atoms with Crippen LogP contribution in [0.25, 0.3) is 0 Å². The third-order valence-electron chi connectivity index (χ3n) is 5.20. The molecule has 0 bridgehead atoms. The number of alkyl halides is 3. The summed E-state index contributed by atoms with van der Waals surface area (Å²) in [4.78, 5) is 29.5. The van der Waals surface area contributed by atoms with Crippen LogP contribution in [0.4, 0.5) is 13.2 Å². The van der Waals surface area contributed by atoms with Crippen molar-refractivity contribution in [3.8, 4) is 6.07 Å². The molecule has 30 heavy (non-hydrogen) atoms. The summed E-state index contributed by atoms with van der Waals surface area (Å²) < 4.78 is 41.8. The fourth-order valence-electron chi connectivity index (χ4n) is 3.48. The van der Waals surface area contributed by atoms with E-state index >= 15 is 0 Å². The SMILES string of the molecule is CC(C)(CC(=O)N[C@H]1C[C@@H]1c1noc(C(F)(F)F)n1)NCC(=O)N1CCC[C@H]1C#N. The molecule has 9 nitrogen and oxygen atoms in total. The van der Waals surface area contributed by atoms with Crippen LogP contribution in [-0.4, -0.2) is 57.6 Å². The van der Waals surface area contributed by atoms with Crippen LogP contribution in [0.15, 0.2) is 4.52 Å². The van der Waals surface area contributed by atoms with Crippen LogP contribution < -0.4 is 10.6 Å². The lowest BCUT2D eigenvalue weighted by molar-refractivity contribution is -0.159. The van der Waals surface area contributed by atoms with Crippen LogP contribution in [0.2, 0.25) is 0 Å². The number of aromatic nitrogens is 2. The molecule has 1 aliphatic heterocycles. The summed E-state index contributed by atoms with van der Waals surface area (Å²) in [6, 6.07) is 1.36. The number of likely N-dealkylation sites (tertiary alicyclic amines) is 1. The topological polar surface area (TPSA) is 124 Å². The third kappa shape index (κ3) is 5.27. The number of halogens is 3. The van der Waals surface area contributed by atoms with Crippen molar-refractivity contribution >= 4 is 11.8 Å².